The summed E-state index contributed by atoms with van der Waals surface area (Å²) >= 11 is 0. The Bertz CT molecular complexity index is 1310. The van der Waals surface area contributed by atoms with Gasteiger partial charge in [0.25, 0.3) is 5.91 Å². The fourth-order valence-corrected chi connectivity index (χ4v) is 4.55. The summed E-state index contributed by atoms with van der Waals surface area (Å²) in [6, 6.07) is 19.7. The van der Waals surface area contributed by atoms with Gasteiger partial charge in [0.2, 0.25) is 0 Å². The highest BCUT2D eigenvalue weighted by atomic mass is 16.5. The number of fused-ring (bicyclic) bond motifs is 1. The molecule has 0 bridgehead atoms. The molecule has 0 unspecified atom stereocenters. The number of carbonyl (C=O) groups is 1. The number of pyridine rings is 1. The van der Waals surface area contributed by atoms with E-state index in [1.165, 1.54) is 5.56 Å². The Morgan fingerprint density at radius 2 is 2.03 bits per heavy atom. The van der Waals surface area contributed by atoms with E-state index in [9.17, 15) is 4.79 Å². The lowest BCUT2D eigenvalue weighted by Crippen LogP contribution is -2.30. The second-order valence-corrected chi connectivity index (χ2v) is 9.31. The van der Waals surface area contributed by atoms with Crippen LogP contribution in [0.1, 0.15) is 39.3 Å². The molecule has 0 radical (unpaired) electrons. The smallest absolute Gasteiger partial charge is 0.254 e. The average Bonchev–Trinajstić information content (AvgIpc) is 3.50. The zero-order chi connectivity index (χ0) is 24.2. The van der Waals surface area contributed by atoms with Crippen LogP contribution in [-0.2, 0) is 17.8 Å². The molecular formula is C29H31N3O3. The summed E-state index contributed by atoms with van der Waals surface area (Å²) in [7, 11) is 0. The molecule has 0 aliphatic carbocycles. The molecule has 180 valence electrons. The first-order valence-corrected chi connectivity index (χ1v) is 12.1. The number of nitrogens with zero attached hydrogens (tertiary/aromatic N) is 2. The zero-order valence-corrected chi connectivity index (χ0v) is 20.3. The van der Waals surface area contributed by atoms with Gasteiger partial charge in [-0.05, 0) is 73.9 Å². The van der Waals surface area contributed by atoms with Crippen molar-refractivity contribution in [2.45, 2.75) is 33.4 Å². The number of hydrogen-bond acceptors (Lipinski definition) is 4. The molecule has 1 fully saturated rings. The monoisotopic (exact) mass is 469 g/mol. The summed E-state index contributed by atoms with van der Waals surface area (Å²) in [4.78, 5) is 23.4. The van der Waals surface area contributed by atoms with Crippen LogP contribution in [-0.4, -0.2) is 40.6 Å². The molecule has 4 aromatic rings. The Kier molecular flexibility index (Phi) is 6.82. The lowest BCUT2D eigenvalue weighted by atomic mass is 10.1. The van der Waals surface area contributed by atoms with Crippen molar-refractivity contribution >= 4 is 16.8 Å². The average molecular weight is 470 g/mol. The molecule has 1 amide bonds. The molecule has 1 saturated heterocycles. The molecule has 0 saturated carbocycles. The molecule has 2 aromatic carbocycles. The van der Waals surface area contributed by atoms with Gasteiger partial charge < -0.3 is 19.4 Å². The Morgan fingerprint density at radius 3 is 2.83 bits per heavy atom. The van der Waals surface area contributed by atoms with Crippen molar-refractivity contribution < 1.29 is 14.3 Å². The van der Waals surface area contributed by atoms with Crippen LogP contribution in [0.2, 0.25) is 0 Å². The summed E-state index contributed by atoms with van der Waals surface area (Å²) < 4.78 is 11.5. The molecule has 5 rings (SSSR count). The number of H-pyrrole nitrogens is 1. The summed E-state index contributed by atoms with van der Waals surface area (Å²) in [5, 5.41) is 1.08. The van der Waals surface area contributed by atoms with Crippen LogP contribution in [0.3, 0.4) is 0 Å². The summed E-state index contributed by atoms with van der Waals surface area (Å²) in [5.41, 5.74) is 5.88. The number of amides is 1. The Balaban J connectivity index is 1.39. The summed E-state index contributed by atoms with van der Waals surface area (Å²) in [5.74, 6) is 1.24. The van der Waals surface area contributed by atoms with Gasteiger partial charge in [-0.15, -0.1) is 0 Å². The maximum Gasteiger partial charge on any atom is 0.254 e. The zero-order valence-electron chi connectivity index (χ0n) is 20.3. The first kappa shape index (κ1) is 23.1. The largest absolute Gasteiger partial charge is 0.493 e. The third-order valence-corrected chi connectivity index (χ3v) is 6.70. The van der Waals surface area contributed by atoms with Crippen LogP contribution >= 0.6 is 0 Å². The van der Waals surface area contributed by atoms with Gasteiger partial charge in [-0.1, -0.05) is 18.2 Å². The van der Waals surface area contributed by atoms with Crippen LogP contribution in [0.5, 0.6) is 5.75 Å². The molecule has 1 aliphatic rings. The molecule has 35 heavy (non-hydrogen) atoms. The molecule has 6 heteroatoms. The minimum Gasteiger partial charge on any atom is -0.493 e. The summed E-state index contributed by atoms with van der Waals surface area (Å²) in [6.07, 6.45) is 2.80. The van der Waals surface area contributed by atoms with Gasteiger partial charge in [0, 0.05) is 47.4 Å². The van der Waals surface area contributed by atoms with Gasteiger partial charge in [-0.3, -0.25) is 9.78 Å². The first-order valence-electron chi connectivity index (χ1n) is 12.1. The highest BCUT2D eigenvalue weighted by Gasteiger charge is 2.20. The third kappa shape index (κ3) is 5.38. The number of nitrogens with one attached hydrogen (secondary N) is 1. The molecular weight excluding hydrogens is 438 g/mol. The quantitative estimate of drug-likeness (QED) is 0.373. The molecule has 3 heterocycles. The van der Waals surface area contributed by atoms with Crippen LogP contribution in [0, 0.1) is 19.8 Å². The number of ether oxygens (including phenoxy) is 2. The van der Waals surface area contributed by atoms with Crippen LogP contribution in [0.15, 0.2) is 66.9 Å². The van der Waals surface area contributed by atoms with Gasteiger partial charge in [0.15, 0.2) is 0 Å². The van der Waals surface area contributed by atoms with Gasteiger partial charge in [-0.2, -0.15) is 0 Å². The Hall–Kier alpha value is -3.64. The van der Waals surface area contributed by atoms with Crippen LogP contribution in [0.25, 0.3) is 10.9 Å². The van der Waals surface area contributed by atoms with Gasteiger partial charge in [0.1, 0.15) is 5.75 Å². The van der Waals surface area contributed by atoms with Crippen molar-refractivity contribution in [3.05, 3.63) is 94.9 Å². The van der Waals surface area contributed by atoms with E-state index in [1.54, 1.807) is 6.20 Å². The van der Waals surface area contributed by atoms with E-state index in [0.717, 1.165) is 53.2 Å². The number of hydrogen-bond donors (Lipinski definition) is 1. The van der Waals surface area contributed by atoms with Crippen molar-refractivity contribution in [2.24, 2.45) is 5.92 Å². The van der Waals surface area contributed by atoms with E-state index in [-0.39, 0.29) is 5.91 Å². The van der Waals surface area contributed by atoms with Crippen LogP contribution < -0.4 is 4.74 Å². The van der Waals surface area contributed by atoms with Crippen molar-refractivity contribution in [3.8, 4) is 5.75 Å². The van der Waals surface area contributed by atoms with Crippen molar-refractivity contribution in [1.82, 2.24) is 14.9 Å². The minimum atomic E-state index is -0.0229. The maximum atomic E-state index is 13.7. The lowest BCUT2D eigenvalue weighted by molar-refractivity contribution is 0.0727. The number of aromatic nitrogens is 2. The topological polar surface area (TPSA) is 67.5 Å². The highest BCUT2D eigenvalue weighted by Crippen LogP contribution is 2.25. The second kappa shape index (κ2) is 10.3. The molecule has 1 aliphatic heterocycles. The molecule has 1 atom stereocenters. The number of aromatic amines is 1. The van der Waals surface area contributed by atoms with Gasteiger partial charge >= 0.3 is 0 Å². The fraction of sp³-hybridized carbons (Fsp3) is 0.310. The standard InChI is InChI=1S/C29H31N3O3/c1-20-21(2)31-28-10-9-24(15-27(20)28)29(33)32(17-25-7-3-4-12-30-25)16-22-6-5-8-26(14-22)35-19-23-11-13-34-18-23/h3-10,12,14-15,23,31H,11,13,16-19H2,1-2H3/t23-/m0/s1. The highest BCUT2D eigenvalue weighted by molar-refractivity contribution is 5.99. The molecule has 0 spiro atoms. The van der Waals surface area contributed by atoms with E-state index in [4.69, 9.17) is 9.47 Å². The molecule has 6 nitrogen and oxygen atoms in total. The number of aryl methyl sites for hydroxylation is 2. The number of carbonyl (C=O) groups excluding carboxylic acids is 1. The third-order valence-electron chi connectivity index (χ3n) is 6.70. The van der Waals surface area contributed by atoms with Crippen molar-refractivity contribution in [1.29, 1.82) is 0 Å². The van der Waals surface area contributed by atoms with Gasteiger partial charge in [-0.25, -0.2) is 0 Å². The van der Waals surface area contributed by atoms with E-state index in [2.05, 4.69) is 23.8 Å². The van der Waals surface area contributed by atoms with Crippen molar-refractivity contribution in [2.75, 3.05) is 19.8 Å². The van der Waals surface area contributed by atoms with E-state index in [0.29, 0.717) is 31.2 Å². The molecule has 1 N–H and O–H groups in total. The fourth-order valence-electron chi connectivity index (χ4n) is 4.55. The maximum absolute atomic E-state index is 13.7. The normalized spacial score (nSPS) is 15.4. The van der Waals surface area contributed by atoms with Crippen molar-refractivity contribution in [3.63, 3.8) is 0 Å². The Morgan fingerprint density at radius 1 is 1.11 bits per heavy atom. The van der Waals surface area contributed by atoms with E-state index < -0.39 is 0 Å². The van der Waals surface area contributed by atoms with E-state index in [1.807, 2.05) is 65.6 Å². The second-order valence-electron chi connectivity index (χ2n) is 9.31. The van der Waals surface area contributed by atoms with Gasteiger partial charge in [0.05, 0.1) is 25.5 Å². The summed E-state index contributed by atoms with van der Waals surface area (Å²) in [6.45, 7) is 7.24. The first-order chi connectivity index (χ1) is 17.1. The SMILES string of the molecule is Cc1[nH]c2ccc(C(=O)N(Cc3cccc(OC[C@H]4CCOC4)c3)Cc3ccccn3)cc2c1C. The van der Waals surface area contributed by atoms with E-state index >= 15 is 0 Å². The predicted octanol–water partition coefficient (Wildman–Crippen LogP) is 5.44. The minimum absolute atomic E-state index is 0.0229. The Labute approximate surface area is 205 Å². The lowest BCUT2D eigenvalue weighted by Gasteiger charge is -2.23. The number of rotatable bonds is 8. The number of benzene rings is 2. The van der Waals surface area contributed by atoms with Crippen LogP contribution in [0.4, 0.5) is 0 Å². The molecule has 2 aromatic heterocycles. The predicted molar refractivity (Wildman–Crippen MR) is 136 cm³/mol.